The number of nitrogens with one attached hydrogen (secondary N) is 1. The first-order valence-electron chi connectivity index (χ1n) is 7.21. The lowest BCUT2D eigenvalue weighted by molar-refractivity contribution is 0.760. The van der Waals surface area contributed by atoms with Crippen molar-refractivity contribution in [3.8, 4) is 0 Å². The lowest BCUT2D eigenvalue weighted by atomic mass is 10.2. The topological polar surface area (TPSA) is 79.7 Å². The zero-order chi connectivity index (χ0) is 16.2. The Morgan fingerprint density at radius 3 is 2.52 bits per heavy atom. The summed E-state index contributed by atoms with van der Waals surface area (Å²) in [6, 6.07) is 9.97. The van der Waals surface area contributed by atoms with Gasteiger partial charge in [0.05, 0.1) is 0 Å². The van der Waals surface area contributed by atoms with E-state index in [1.54, 1.807) is 5.51 Å². The third-order valence-electron chi connectivity index (χ3n) is 3.18. The summed E-state index contributed by atoms with van der Waals surface area (Å²) in [5.41, 5.74) is 2.67. The smallest absolute Gasteiger partial charge is 0.234 e. The second-order valence-corrected chi connectivity index (χ2v) is 6.07. The molecule has 0 saturated carbocycles. The molecule has 0 saturated heterocycles. The van der Waals surface area contributed by atoms with Crippen LogP contribution in [0.5, 0.6) is 0 Å². The van der Waals surface area contributed by atoms with Gasteiger partial charge in [0.2, 0.25) is 17.0 Å². The van der Waals surface area contributed by atoms with Gasteiger partial charge in [-0.3, -0.25) is 5.32 Å². The Hall–Kier alpha value is -2.61. The van der Waals surface area contributed by atoms with Gasteiger partial charge in [0.1, 0.15) is 11.3 Å². The average molecular weight is 327 g/mol. The van der Waals surface area contributed by atoms with Gasteiger partial charge in [-0.1, -0.05) is 43.4 Å². The summed E-state index contributed by atoms with van der Waals surface area (Å²) in [6.07, 6.45) is 0. The molecule has 0 radical (unpaired) electrons. The summed E-state index contributed by atoms with van der Waals surface area (Å²) in [7, 11) is 1.93. The van der Waals surface area contributed by atoms with E-state index < -0.39 is 0 Å². The Kier molecular flexibility index (Phi) is 4.42. The van der Waals surface area contributed by atoms with Crippen molar-refractivity contribution in [1.82, 2.24) is 25.1 Å². The van der Waals surface area contributed by atoms with Gasteiger partial charge >= 0.3 is 0 Å². The van der Waals surface area contributed by atoms with Crippen LogP contribution in [-0.4, -0.2) is 32.2 Å². The molecular formula is C15H17N7S. The zero-order valence-electron chi connectivity index (χ0n) is 13.1. The minimum Gasteiger partial charge on any atom is -0.313 e. The van der Waals surface area contributed by atoms with Gasteiger partial charge in [-0.15, -0.1) is 10.2 Å². The van der Waals surface area contributed by atoms with Crippen molar-refractivity contribution in [2.24, 2.45) is 0 Å². The van der Waals surface area contributed by atoms with Gasteiger partial charge in [0.15, 0.2) is 0 Å². The van der Waals surface area contributed by atoms with Crippen molar-refractivity contribution in [2.75, 3.05) is 17.3 Å². The monoisotopic (exact) mass is 327 g/mol. The van der Waals surface area contributed by atoms with Crippen LogP contribution >= 0.6 is 11.3 Å². The molecule has 1 aromatic carbocycles. The van der Waals surface area contributed by atoms with Crippen molar-refractivity contribution in [2.45, 2.75) is 19.8 Å². The van der Waals surface area contributed by atoms with E-state index in [4.69, 9.17) is 0 Å². The molecular weight excluding hydrogens is 310 g/mol. The van der Waals surface area contributed by atoms with E-state index in [1.807, 2.05) is 42.3 Å². The quantitative estimate of drug-likeness (QED) is 0.769. The van der Waals surface area contributed by atoms with Crippen molar-refractivity contribution in [3.05, 3.63) is 41.7 Å². The van der Waals surface area contributed by atoms with E-state index in [2.05, 4.69) is 44.3 Å². The third-order valence-corrected chi connectivity index (χ3v) is 3.79. The molecule has 0 bridgehead atoms. The normalized spacial score (nSPS) is 10.8. The predicted octanol–water partition coefficient (Wildman–Crippen LogP) is 3.36. The van der Waals surface area contributed by atoms with Crippen LogP contribution in [0.15, 0.2) is 35.8 Å². The molecule has 0 spiro atoms. The molecule has 0 fully saturated rings. The van der Waals surface area contributed by atoms with E-state index in [9.17, 15) is 0 Å². The number of para-hydroxylation sites is 1. The molecule has 7 nitrogen and oxygen atoms in total. The average Bonchev–Trinajstić information content (AvgIpc) is 3.07. The van der Waals surface area contributed by atoms with Gasteiger partial charge < -0.3 is 4.90 Å². The first-order chi connectivity index (χ1) is 11.1. The van der Waals surface area contributed by atoms with E-state index in [-0.39, 0.29) is 5.92 Å². The fraction of sp³-hybridized carbons (Fsp3) is 0.267. The Labute approximate surface area is 138 Å². The van der Waals surface area contributed by atoms with Crippen LogP contribution in [-0.2, 0) is 0 Å². The standard InChI is InChI=1S/C15H17N7S/c1-10(2)12-17-13(20-15-21-16-9-23-15)19-14(18-12)22(3)11-7-5-4-6-8-11/h4-10H,1-3H3,(H,17,18,19,20,21). The minimum absolute atomic E-state index is 0.191. The highest BCUT2D eigenvalue weighted by Gasteiger charge is 2.14. The van der Waals surface area contributed by atoms with Crippen LogP contribution in [0.4, 0.5) is 22.7 Å². The van der Waals surface area contributed by atoms with Gasteiger partial charge in [-0.05, 0) is 12.1 Å². The number of benzene rings is 1. The highest BCUT2D eigenvalue weighted by atomic mass is 32.1. The van der Waals surface area contributed by atoms with Crippen LogP contribution in [0.1, 0.15) is 25.6 Å². The van der Waals surface area contributed by atoms with Crippen molar-refractivity contribution in [3.63, 3.8) is 0 Å². The highest BCUT2D eigenvalue weighted by molar-refractivity contribution is 7.13. The number of rotatable bonds is 5. The Morgan fingerprint density at radius 2 is 1.87 bits per heavy atom. The molecule has 0 aliphatic heterocycles. The number of hydrogen-bond donors (Lipinski definition) is 1. The zero-order valence-corrected chi connectivity index (χ0v) is 13.9. The first-order valence-corrected chi connectivity index (χ1v) is 8.09. The van der Waals surface area contributed by atoms with Crippen LogP contribution in [0.3, 0.4) is 0 Å². The molecule has 1 N–H and O–H groups in total. The molecule has 3 aromatic rings. The third kappa shape index (κ3) is 3.59. The fourth-order valence-corrected chi connectivity index (χ4v) is 2.37. The summed E-state index contributed by atoms with van der Waals surface area (Å²) in [5, 5.41) is 11.5. The lowest BCUT2D eigenvalue weighted by Gasteiger charge is -2.19. The number of hydrogen-bond acceptors (Lipinski definition) is 8. The first kappa shape index (κ1) is 15.3. The van der Waals surface area contributed by atoms with E-state index in [0.717, 1.165) is 11.5 Å². The lowest BCUT2D eigenvalue weighted by Crippen LogP contribution is -2.16. The number of nitrogens with zero attached hydrogens (tertiary/aromatic N) is 6. The molecule has 0 aliphatic rings. The van der Waals surface area contributed by atoms with Crippen LogP contribution < -0.4 is 10.2 Å². The maximum atomic E-state index is 4.57. The molecule has 0 amide bonds. The molecule has 23 heavy (non-hydrogen) atoms. The fourth-order valence-electron chi connectivity index (χ4n) is 1.94. The molecule has 8 heteroatoms. The molecule has 2 heterocycles. The second kappa shape index (κ2) is 6.66. The molecule has 118 valence electrons. The van der Waals surface area contributed by atoms with E-state index in [0.29, 0.717) is 17.0 Å². The van der Waals surface area contributed by atoms with E-state index >= 15 is 0 Å². The summed E-state index contributed by atoms with van der Waals surface area (Å²) < 4.78 is 0. The Bertz CT molecular complexity index is 759. The Balaban J connectivity index is 1.97. The summed E-state index contributed by atoms with van der Waals surface area (Å²) >= 11 is 1.40. The SMILES string of the molecule is CC(C)c1nc(Nc2nncs2)nc(N(C)c2ccccc2)n1. The van der Waals surface area contributed by atoms with Crippen molar-refractivity contribution in [1.29, 1.82) is 0 Å². The van der Waals surface area contributed by atoms with Crippen molar-refractivity contribution >= 4 is 34.1 Å². The second-order valence-electron chi connectivity index (χ2n) is 5.24. The van der Waals surface area contributed by atoms with Crippen LogP contribution in [0, 0.1) is 0 Å². The van der Waals surface area contributed by atoms with E-state index in [1.165, 1.54) is 11.3 Å². The highest BCUT2D eigenvalue weighted by Crippen LogP contribution is 2.23. The van der Waals surface area contributed by atoms with Crippen molar-refractivity contribution < 1.29 is 0 Å². The van der Waals surface area contributed by atoms with Gasteiger partial charge in [0.25, 0.3) is 0 Å². The molecule has 0 unspecified atom stereocenters. The molecule has 0 atom stereocenters. The van der Waals surface area contributed by atoms with Gasteiger partial charge in [-0.2, -0.15) is 15.0 Å². The largest absolute Gasteiger partial charge is 0.313 e. The molecule has 3 rings (SSSR count). The maximum Gasteiger partial charge on any atom is 0.234 e. The summed E-state index contributed by atoms with van der Waals surface area (Å²) in [4.78, 5) is 15.5. The summed E-state index contributed by atoms with van der Waals surface area (Å²) in [5.74, 6) is 1.97. The van der Waals surface area contributed by atoms with Crippen LogP contribution in [0.25, 0.3) is 0 Å². The molecule has 0 aliphatic carbocycles. The summed E-state index contributed by atoms with van der Waals surface area (Å²) in [6.45, 7) is 4.10. The molecule has 2 aromatic heterocycles. The number of aromatic nitrogens is 5. The van der Waals surface area contributed by atoms with Gasteiger partial charge in [-0.25, -0.2) is 0 Å². The van der Waals surface area contributed by atoms with Crippen LogP contribution in [0.2, 0.25) is 0 Å². The minimum atomic E-state index is 0.191. The van der Waals surface area contributed by atoms with Gasteiger partial charge in [0, 0.05) is 18.7 Å². The Morgan fingerprint density at radius 1 is 1.09 bits per heavy atom. The number of anilines is 4. The maximum absolute atomic E-state index is 4.57. The predicted molar refractivity (Wildman–Crippen MR) is 91.6 cm³/mol.